The fourth-order valence-corrected chi connectivity index (χ4v) is 2.64. The number of hydrogen-bond acceptors (Lipinski definition) is 2. The minimum Gasteiger partial charge on any atom is -0.392 e. The Hall–Kier alpha value is -0.860. The second-order valence-electron chi connectivity index (χ2n) is 5.12. The number of aliphatic hydroxyl groups excluding tert-OH is 1. The van der Waals surface area contributed by atoms with E-state index in [0.29, 0.717) is 11.8 Å². The van der Waals surface area contributed by atoms with Crippen LogP contribution in [-0.4, -0.2) is 29.2 Å². The summed E-state index contributed by atoms with van der Waals surface area (Å²) >= 11 is 0. The molecule has 88 valence electrons. The largest absolute Gasteiger partial charge is 0.392 e. The van der Waals surface area contributed by atoms with Gasteiger partial charge in [-0.25, -0.2) is 0 Å². The molecule has 0 aromatic heterocycles. The van der Waals surface area contributed by atoms with Crippen molar-refractivity contribution < 1.29 is 5.11 Å². The van der Waals surface area contributed by atoms with Crippen LogP contribution in [0.15, 0.2) is 30.3 Å². The smallest absolute Gasteiger partial charge is 0.0615 e. The number of benzene rings is 1. The second-order valence-corrected chi connectivity index (χ2v) is 5.12. The summed E-state index contributed by atoms with van der Waals surface area (Å²) in [6.45, 7) is 7.28. The summed E-state index contributed by atoms with van der Waals surface area (Å²) < 4.78 is 0. The molecular formula is C14H21NO. The van der Waals surface area contributed by atoms with Crippen LogP contribution in [0.1, 0.15) is 19.4 Å². The van der Waals surface area contributed by atoms with Crippen LogP contribution in [-0.2, 0) is 6.54 Å². The molecule has 0 amide bonds. The van der Waals surface area contributed by atoms with Crippen molar-refractivity contribution >= 4 is 0 Å². The van der Waals surface area contributed by atoms with Gasteiger partial charge in [0.05, 0.1) is 6.10 Å². The van der Waals surface area contributed by atoms with Crippen molar-refractivity contribution in [3.05, 3.63) is 35.9 Å². The lowest BCUT2D eigenvalue weighted by Crippen LogP contribution is -2.46. The topological polar surface area (TPSA) is 23.5 Å². The first kappa shape index (κ1) is 11.6. The second kappa shape index (κ2) is 4.98. The number of likely N-dealkylation sites (tertiary alicyclic amines) is 1. The highest BCUT2D eigenvalue weighted by atomic mass is 16.3. The lowest BCUT2D eigenvalue weighted by atomic mass is 9.88. The predicted octanol–water partition coefficient (Wildman–Crippen LogP) is 2.14. The maximum absolute atomic E-state index is 9.90. The van der Waals surface area contributed by atoms with Gasteiger partial charge in [0.1, 0.15) is 0 Å². The highest BCUT2D eigenvalue weighted by molar-refractivity contribution is 5.14. The Bertz CT molecular complexity index is 313. The molecule has 0 unspecified atom stereocenters. The third-order valence-electron chi connectivity index (χ3n) is 3.51. The molecule has 1 aromatic rings. The van der Waals surface area contributed by atoms with Gasteiger partial charge >= 0.3 is 0 Å². The minimum atomic E-state index is -0.132. The van der Waals surface area contributed by atoms with Gasteiger partial charge in [-0.05, 0) is 17.4 Å². The molecule has 2 nitrogen and oxygen atoms in total. The van der Waals surface area contributed by atoms with Crippen molar-refractivity contribution in [2.45, 2.75) is 26.5 Å². The Morgan fingerprint density at radius 2 is 1.69 bits per heavy atom. The van der Waals surface area contributed by atoms with Gasteiger partial charge in [0.25, 0.3) is 0 Å². The fraction of sp³-hybridized carbons (Fsp3) is 0.571. The highest BCUT2D eigenvalue weighted by Gasteiger charge is 2.29. The molecule has 1 N–H and O–H groups in total. The molecule has 2 heteroatoms. The number of nitrogens with zero attached hydrogens (tertiary/aromatic N) is 1. The third kappa shape index (κ3) is 2.63. The van der Waals surface area contributed by atoms with Crippen molar-refractivity contribution in [2.75, 3.05) is 13.1 Å². The van der Waals surface area contributed by atoms with Crippen molar-refractivity contribution in [2.24, 2.45) is 11.8 Å². The van der Waals surface area contributed by atoms with Crippen molar-refractivity contribution in [3.8, 4) is 0 Å². The van der Waals surface area contributed by atoms with E-state index in [1.165, 1.54) is 5.56 Å². The summed E-state index contributed by atoms with van der Waals surface area (Å²) in [5.74, 6) is 0.764. The zero-order chi connectivity index (χ0) is 11.5. The zero-order valence-corrected chi connectivity index (χ0v) is 10.1. The lowest BCUT2D eigenvalue weighted by molar-refractivity contribution is -0.0107. The normalized spacial score (nSPS) is 28.2. The quantitative estimate of drug-likeness (QED) is 0.823. The molecule has 16 heavy (non-hydrogen) atoms. The summed E-state index contributed by atoms with van der Waals surface area (Å²) in [5, 5.41) is 9.90. The molecule has 1 saturated heterocycles. The monoisotopic (exact) mass is 219 g/mol. The molecule has 0 bridgehead atoms. The van der Waals surface area contributed by atoms with Crippen molar-refractivity contribution in [1.82, 2.24) is 4.90 Å². The summed E-state index contributed by atoms with van der Waals surface area (Å²) in [5.41, 5.74) is 1.36. The van der Waals surface area contributed by atoms with E-state index in [1.807, 2.05) is 0 Å². The van der Waals surface area contributed by atoms with Gasteiger partial charge in [-0.1, -0.05) is 44.2 Å². The fourth-order valence-electron chi connectivity index (χ4n) is 2.64. The van der Waals surface area contributed by atoms with Crippen molar-refractivity contribution in [3.63, 3.8) is 0 Å². The van der Waals surface area contributed by atoms with Crippen LogP contribution in [0.3, 0.4) is 0 Å². The summed E-state index contributed by atoms with van der Waals surface area (Å²) in [6.07, 6.45) is -0.132. The Balaban J connectivity index is 1.97. The Morgan fingerprint density at radius 3 is 2.25 bits per heavy atom. The third-order valence-corrected chi connectivity index (χ3v) is 3.51. The van der Waals surface area contributed by atoms with E-state index in [0.717, 1.165) is 19.6 Å². The van der Waals surface area contributed by atoms with Crippen LogP contribution >= 0.6 is 0 Å². The van der Waals surface area contributed by atoms with E-state index in [4.69, 9.17) is 0 Å². The van der Waals surface area contributed by atoms with Crippen LogP contribution in [0.5, 0.6) is 0 Å². The molecule has 1 aliphatic heterocycles. The van der Waals surface area contributed by atoms with Gasteiger partial charge in [0.15, 0.2) is 0 Å². The molecule has 0 spiro atoms. The van der Waals surface area contributed by atoms with Gasteiger partial charge in [0, 0.05) is 19.6 Å². The maximum atomic E-state index is 9.90. The maximum Gasteiger partial charge on any atom is 0.0615 e. The molecule has 2 rings (SSSR count). The number of piperidine rings is 1. The van der Waals surface area contributed by atoms with Gasteiger partial charge in [-0.2, -0.15) is 0 Å². The molecular weight excluding hydrogens is 198 g/mol. The number of hydrogen-bond donors (Lipinski definition) is 1. The molecule has 0 aliphatic carbocycles. The summed E-state index contributed by atoms with van der Waals surface area (Å²) in [7, 11) is 0. The minimum absolute atomic E-state index is 0.132. The van der Waals surface area contributed by atoms with Crippen LogP contribution in [0.2, 0.25) is 0 Å². The van der Waals surface area contributed by atoms with E-state index < -0.39 is 0 Å². The lowest BCUT2D eigenvalue weighted by Gasteiger charge is -2.38. The predicted molar refractivity (Wildman–Crippen MR) is 66.1 cm³/mol. The molecule has 1 aliphatic rings. The van der Waals surface area contributed by atoms with Crippen molar-refractivity contribution in [1.29, 1.82) is 0 Å². The first-order valence-corrected chi connectivity index (χ1v) is 6.11. The van der Waals surface area contributed by atoms with Gasteiger partial charge in [-0.3, -0.25) is 4.90 Å². The van der Waals surface area contributed by atoms with E-state index in [-0.39, 0.29) is 6.10 Å². The Morgan fingerprint density at radius 1 is 1.12 bits per heavy atom. The molecule has 1 aromatic carbocycles. The Kier molecular flexibility index (Phi) is 3.62. The summed E-state index contributed by atoms with van der Waals surface area (Å²) in [4.78, 5) is 2.44. The molecule has 0 radical (unpaired) electrons. The van der Waals surface area contributed by atoms with Crippen LogP contribution in [0, 0.1) is 11.8 Å². The van der Waals surface area contributed by atoms with Gasteiger partial charge < -0.3 is 5.11 Å². The molecule has 0 saturated carbocycles. The van der Waals surface area contributed by atoms with Crippen LogP contribution in [0.25, 0.3) is 0 Å². The average molecular weight is 219 g/mol. The van der Waals surface area contributed by atoms with E-state index in [1.54, 1.807) is 0 Å². The van der Waals surface area contributed by atoms with E-state index in [2.05, 4.69) is 49.1 Å². The van der Waals surface area contributed by atoms with Gasteiger partial charge in [-0.15, -0.1) is 0 Å². The SMILES string of the molecule is C[C@H]1CN(Cc2ccccc2)C[C@H](C)C1O. The average Bonchev–Trinajstić information content (AvgIpc) is 2.27. The van der Waals surface area contributed by atoms with Crippen LogP contribution in [0.4, 0.5) is 0 Å². The van der Waals surface area contributed by atoms with Crippen LogP contribution < -0.4 is 0 Å². The summed E-state index contributed by atoms with van der Waals surface area (Å²) in [6, 6.07) is 10.6. The molecule has 1 heterocycles. The first-order chi connectivity index (χ1) is 7.66. The number of aliphatic hydroxyl groups is 1. The highest BCUT2D eigenvalue weighted by Crippen LogP contribution is 2.23. The van der Waals surface area contributed by atoms with E-state index in [9.17, 15) is 5.11 Å². The number of rotatable bonds is 2. The van der Waals surface area contributed by atoms with Gasteiger partial charge in [0.2, 0.25) is 0 Å². The molecule has 2 atom stereocenters. The van der Waals surface area contributed by atoms with E-state index >= 15 is 0 Å². The zero-order valence-electron chi connectivity index (χ0n) is 10.1. The first-order valence-electron chi connectivity index (χ1n) is 6.11. The standard InChI is InChI=1S/C14H21NO/c1-11-8-15(9-12(2)14(11)16)10-13-6-4-3-5-7-13/h3-7,11-12,14,16H,8-10H2,1-2H3/t11-,12-/m0/s1. The molecule has 1 fully saturated rings. The Labute approximate surface area is 97.9 Å².